The number of nitrogens with zero attached hydrogens (tertiary/aromatic N) is 2. The van der Waals surface area contributed by atoms with E-state index in [0.717, 1.165) is 38.5 Å². The number of rotatable bonds is 4. The van der Waals surface area contributed by atoms with Gasteiger partial charge < -0.3 is 4.42 Å². The topological polar surface area (TPSA) is 19.6 Å². The lowest BCUT2D eigenvalue weighted by molar-refractivity contribution is 0.235. The third kappa shape index (κ3) is 3.95. The van der Waals surface area contributed by atoms with Gasteiger partial charge in [0.05, 0.1) is 16.6 Å². The van der Waals surface area contributed by atoms with E-state index in [9.17, 15) is 0 Å². The molecule has 0 aromatic carbocycles. The van der Waals surface area contributed by atoms with Crippen LogP contribution in [0.25, 0.3) is 0 Å². The van der Waals surface area contributed by atoms with Gasteiger partial charge in [0.1, 0.15) is 5.76 Å². The minimum atomic E-state index is 0.936. The second-order valence-corrected chi connectivity index (χ2v) is 7.74. The highest BCUT2D eigenvalue weighted by atomic mass is 79.9. The third-order valence-electron chi connectivity index (χ3n) is 3.65. The van der Waals surface area contributed by atoms with E-state index in [4.69, 9.17) is 4.42 Å². The molecule has 3 heterocycles. The SMILES string of the molecule is Brc1ccc(CN2CCCN(Cc3ccco3)CC2)s1. The maximum atomic E-state index is 5.44. The maximum absolute atomic E-state index is 5.44. The lowest BCUT2D eigenvalue weighted by Gasteiger charge is -2.20. The van der Waals surface area contributed by atoms with E-state index in [0.29, 0.717) is 0 Å². The highest BCUT2D eigenvalue weighted by Crippen LogP contribution is 2.23. The molecule has 1 aliphatic heterocycles. The van der Waals surface area contributed by atoms with Gasteiger partial charge in [0.25, 0.3) is 0 Å². The van der Waals surface area contributed by atoms with Gasteiger partial charge in [-0.15, -0.1) is 11.3 Å². The van der Waals surface area contributed by atoms with Crippen molar-refractivity contribution in [1.82, 2.24) is 9.80 Å². The lowest BCUT2D eigenvalue weighted by Crippen LogP contribution is -2.30. The van der Waals surface area contributed by atoms with Crippen molar-refractivity contribution in [1.29, 1.82) is 0 Å². The molecule has 2 aromatic rings. The molecule has 5 heteroatoms. The molecule has 0 saturated carbocycles. The van der Waals surface area contributed by atoms with Gasteiger partial charge in [-0.3, -0.25) is 9.80 Å². The van der Waals surface area contributed by atoms with Gasteiger partial charge in [0, 0.05) is 24.5 Å². The number of furan rings is 1. The first-order valence-corrected chi connectivity index (χ1v) is 8.62. The second-order valence-electron chi connectivity index (χ2n) is 5.19. The molecule has 1 saturated heterocycles. The van der Waals surface area contributed by atoms with Gasteiger partial charge >= 0.3 is 0 Å². The first-order valence-electron chi connectivity index (χ1n) is 7.01. The van der Waals surface area contributed by atoms with Crippen LogP contribution in [0.1, 0.15) is 17.1 Å². The van der Waals surface area contributed by atoms with Crippen LogP contribution in [0.3, 0.4) is 0 Å². The fourth-order valence-corrected chi connectivity index (χ4v) is 4.15. The Bertz CT molecular complexity index is 526. The number of thiophene rings is 1. The van der Waals surface area contributed by atoms with E-state index < -0.39 is 0 Å². The highest BCUT2D eigenvalue weighted by Gasteiger charge is 2.16. The predicted octanol–water partition coefficient (Wildman–Crippen LogP) is 3.81. The Labute approximate surface area is 132 Å². The Balaban J connectivity index is 1.51. The van der Waals surface area contributed by atoms with E-state index in [1.807, 2.05) is 17.4 Å². The van der Waals surface area contributed by atoms with Crippen molar-refractivity contribution in [3.05, 3.63) is 45.0 Å². The summed E-state index contributed by atoms with van der Waals surface area (Å²) >= 11 is 5.38. The summed E-state index contributed by atoms with van der Waals surface area (Å²) in [6.07, 6.45) is 2.99. The molecule has 0 bridgehead atoms. The molecule has 0 amide bonds. The zero-order chi connectivity index (χ0) is 13.8. The fraction of sp³-hybridized carbons (Fsp3) is 0.467. The van der Waals surface area contributed by atoms with Gasteiger partial charge in [0.15, 0.2) is 0 Å². The van der Waals surface area contributed by atoms with Crippen molar-refractivity contribution in [2.24, 2.45) is 0 Å². The van der Waals surface area contributed by atoms with E-state index >= 15 is 0 Å². The van der Waals surface area contributed by atoms with Gasteiger partial charge in [-0.05, 0) is 59.7 Å². The summed E-state index contributed by atoms with van der Waals surface area (Å²) in [5, 5.41) is 0. The van der Waals surface area contributed by atoms with Crippen LogP contribution in [0.15, 0.2) is 38.7 Å². The van der Waals surface area contributed by atoms with Crippen LogP contribution < -0.4 is 0 Å². The van der Waals surface area contributed by atoms with Crippen LogP contribution >= 0.6 is 27.3 Å². The highest BCUT2D eigenvalue weighted by molar-refractivity contribution is 9.11. The summed E-state index contributed by atoms with van der Waals surface area (Å²) in [7, 11) is 0. The molecule has 0 unspecified atom stereocenters. The van der Waals surface area contributed by atoms with Gasteiger partial charge in [-0.1, -0.05) is 0 Å². The summed E-state index contributed by atoms with van der Waals surface area (Å²) in [5.41, 5.74) is 0. The molecule has 0 N–H and O–H groups in total. The molecule has 3 rings (SSSR count). The quantitative estimate of drug-likeness (QED) is 0.832. The van der Waals surface area contributed by atoms with Crippen molar-refractivity contribution in [3.8, 4) is 0 Å². The van der Waals surface area contributed by atoms with Gasteiger partial charge in [-0.25, -0.2) is 0 Å². The Kier molecular flexibility index (Phi) is 4.94. The molecule has 0 aliphatic carbocycles. The Morgan fingerprint density at radius 2 is 1.85 bits per heavy atom. The van der Waals surface area contributed by atoms with Crippen LogP contribution in [0.2, 0.25) is 0 Å². The molecule has 0 spiro atoms. The minimum Gasteiger partial charge on any atom is -0.468 e. The minimum absolute atomic E-state index is 0.936. The van der Waals surface area contributed by atoms with E-state index in [1.165, 1.54) is 21.6 Å². The summed E-state index contributed by atoms with van der Waals surface area (Å²) in [6, 6.07) is 8.39. The van der Waals surface area contributed by atoms with Crippen molar-refractivity contribution in [3.63, 3.8) is 0 Å². The molecule has 1 aliphatic rings. The maximum Gasteiger partial charge on any atom is 0.117 e. The largest absolute Gasteiger partial charge is 0.468 e. The first-order chi connectivity index (χ1) is 9.79. The number of halogens is 1. The van der Waals surface area contributed by atoms with Crippen LogP contribution in [0.5, 0.6) is 0 Å². The number of hydrogen-bond donors (Lipinski definition) is 0. The van der Waals surface area contributed by atoms with Crippen molar-refractivity contribution < 1.29 is 4.42 Å². The summed E-state index contributed by atoms with van der Waals surface area (Å²) in [4.78, 5) is 6.49. The first kappa shape index (κ1) is 14.3. The van der Waals surface area contributed by atoms with E-state index in [2.05, 4.69) is 43.9 Å². The third-order valence-corrected chi connectivity index (χ3v) is 5.26. The molecular weight excluding hydrogens is 336 g/mol. The van der Waals surface area contributed by atoms with Gasteiger partial charge in [0.2, 0.25) is 0 Å². The van der Waals surface area contributed by atoms with Gasteiger partial charge in [-0.2, -0.15) is 0 Å². The molecule has 0 radical (unpaired) electrons. The fourth-order valence-electron chi connectivity index (χ4n) is 2.62. The van der Waals surface area contributed by atoms with Crippen LogP contribution in [-0.4, -0.2) is 36.0 Å². The van der Waals surface area contributed by atoms with E-state index in [1.54, 1.807) is 6.26 Å². The smallest absolute Gasteiger partial charge is 0.117 e. The summed E-state index contributed by atoms with van der Waals surface area (Å²) in [5.74, 6) is 1.07. The molecule has 2 aromatic heterocycles. The predicted molar refractivity (Wildman–Crippen MR) is 85.9 cm³/mol. The van der Waals surface area contributed by atoms with Crippen LogP contribution in [0.4, 0.5) is 0 Å². The van der Waals surface area contributed by atoms with Crippen molar-refractivity contribution in [2.75, 3.05) is 26.2 Å². The average Bonchev–Trinajstić information content (AvgIpc) is 3.01. The average molecular weight is 355 g/mol. The van der Waals surface area contributed by atoms with Crippen molar-refractivity contribution in [2.45, 2.75) is 19.5 Å². The molecule has 108 valence electrons. The molecule has 1 fully saturated rings. The number of hydrogen-bond acceptors (Lipinski definition) is 4. The summed E-state index contributed by atoms with van der Waals surface area (Å²) in [6.45, 7) is 6.61. The zero-order valence-electron chi connectivity index (χ0n) is 11.4. The second kappa shape index (κ2) is 6.89. The molecule has 0 atom stereocenters. The molecule has 3 nitrogen and oxygen atoms in total. The standard InChI is InChI=1S/C15H19BrN2OS/c16-15-5-4-14(20-15)12-18-7-2-6-17(8-9-18)11-13-3-1-10-19-13/h1,3-5,10H,2,6-9,11-12H2. The Morgan fingerprint density at radius 3 is 2.50 bits per heavy atom. The van der Waals surface area contributed by atoms with Crippen molar-refractivity contribution >= 4 is 27.3 Å². The monoisotopic (exact) mass is 354 g/mol. The summed E-state index contributed by atoms with van der Waals surface area (Å²) < 4.78 is 6.67. The van der Waals surface area contributed by atoms with Crippen LogP contribution in [0, 0.1) is 0 Å². The Hall–Kier alpha value is -0.620. The molecule has 20 heavy (non-hydrogen) atoms. The molecular formula is C15H19BrN2OS. The lowest BCUT2D eigenvalue weighted by atomic mass is 10.3. The Morgan fingerprint density at radius 1 is 1.05 bits per heavy atom. The zero-order valence-corrected chi connectivity index (χ0v) is 13.8. The van der Waals surface area contributed by atoms with Crippen LogP contribution in [-0.2, 0) is 13.1 Å². The van der Waals surface area contributed by atoms with E-state index in [-0.39, 0.29) is 0 Å². The normalized spacial score (nSPS) is 18.2.